The van der Waals surface area contributed by atoms with Gasteiger partial charge in [-0.25, -0.2) is 19.7 Å². The molecule has 8 heteroatoms. The van der Waals surface area contributed by atoms with Crippen LogP contribution >= 0.6 is 0 Å². The van der Waals surface area contributed by atoms with E-state index in [4.69, 9.17) is 5.73 Å². The van der Waals surface area contributed by atoms with E-state index in [1.54, 1.807) is 11.1 Å². The Morgan fingerprint density at radius 3 is 2.70 bits per heavy atom. The number of piperidine rings is 1. The Balaban J connectivity index is 1.56. The molecule has 1 saturated heterocycles. The maximum absolute atomic E-state index is 12.8. The Hall–Kier alpha value is -2.77. The standard InChI is InChI=1S/C15H17FN6O/c16-13-2-1-11(9-19-13)20-15(23)22-7-4-10(5-8-22)12-3-6-18-14(17)21-12/h1-3,6,9-10H,4-5,7-8H2,(H,20,23)(H2,17,18,21). The second kappa shape index (κ2) is 6.55. The monoisotopic (exact) mass is 316 g/mol. The number of nitrogens with zero attached hydrogens (tertiary/aromatic N) is 4. The van der Waals surface area contributed by atoms with Crippen LogP contribution in [0.1, 0.15) is 24.5 Å². The summed E-state index contributed by atoms with van der Waals surface area (Å²) in [5, 5.41) is 2.71. The minimum atomic E-state index is -0.576. The highest BCUT2D eigenvalue weighted by Crippen LogP contribution is 2.27. The summed E-state index contributed by atoms with van der Waals surface area (Å²) in [4.78, 5) is 25.6. The number of amides is 2. The van der Waals surface area contributed by atoms with Crippen LogP contribution in [-0.4, -0.2) is 39.0 Å². The molecule has 0 unspecified atom stereocenters. The van der Waals surface area contributed by atoms with Crippen LogP contribution < -0.4 is 11.1 Å². The van der Waals surface area contributed by atoms with Crippen molar-refractivity contribution in [1.29, 1.82) is 0 Å². The van der Waals surface area contributed by atoms with Gasteiger partial charge in [0.2, 0.25) is 11.9 Å². The Morgan fingerprint density at radius 1 is 1.26 bits per heavy atom. The highest BCUT2D eigenvalue weighted by atomic mass is 19.1. The Bertz CT molecular complexity index is 685. The van der Waals surface area contributed by atoms with Crippen molar-refractivity contribution in [1.82, 2.24) is 19.9 Å². The van der Waals surface area contributed by atoms with Gasteiger partial charge in [-0.05, 0) is 31.0 Å². The summed E-state index contributed by atoms with van der Waals surface area (Å²) in [6.07, 6.45) is 4.57. The molecule has 0 bridgehead atoms. The first-order chi connectivity index (χ1) is 11.1. The fourth-order valence-electron chi connectivity index (χ4n) is 2.65. The van der Waals surface area contributed by atoms with Crippen LogP contribution in [0, 0.1) is 5.95 Å². The van der Waals surface area contributed by atoms with Gasteiger partial charge < -0.3 is 16.0 Å². The van der Waals surface area contributed by atoms with Gasteiger partial charge in [0.1, 0.15) is 0 Å². The van der Waals surface area contributed by atoms with Crippen molar-refractivity contribution in [3.05, 3.63) is 42.2 Å². The topological polar surface area (TPSA) is 97.0 Å². The molecule has 0 aromatic carbocycles. The third kappa shape index (κ3) is 3.71. The number of urea groups is 1. The van der Waals surface area contributed by atoms with Crippen LogP contribution in [0.3, 0.4) is 0 Å². The number of hydrogen-bond acceptors (Lipinski definition) is 5. The zero-order valence-electron chi connectivity index (χ0n) is 12.4. The van der Waals surface area contributed by atoms with Crippen LogP contribution in [0.2, 0.25) is 0 Å². The van der Waals surface area contributed by atoms with Crippen LogP contribution in [-0.2, 0) is 0 Å². The maximum atomic E-state index is 12.8. The lowest BCUT2D eigenvalue weighted by atomic mass is 9.93. The minimum Gasteiger partial charge on any atom is -0.368 e. The predicted octanol–water partition coefficient (Wildman–Crippen LogP) is 2.00. The zero-order chi connectivity index (χ0) is 16.2. The summed E-state index contributed by atoms with van der Waals surface area (Å²) in [6, 6.07) is 4.35. The minimum absolute atomic E-state index is 0.209. The van der Waals surface area contributed by atoms with Gasteiger partial charge >= 0.3 is 6.03 Å². The van der Waals surface area contributed by atoms with Crippen molar-refractivity contribution in [3.63, 3.8) is 0 Å². The molecule has 3 N–H and O–H groups in total. The highest BCUT2D eigenvalue weighted by molar-refractivity contribution is 5.89. The van der Waals surface area contributed by atoms with E-state index in [9.17, 15) is 9.18 Å². The summed E-state index contributed by atoms with van der Waals surface area (Å²) in [6.45, 7) is 1.24. The van der Waals surface area contributed by atoms with Crippen LogP contribution in [0.15, 0.2) is 30.6 Å². The molecule has 1 aliphatic heterocycles. The van der Waals surface area contributed by atoms with E-state index in [0.717, 1.165) is 18.5 Å². The van der Waals surface area contributed by atoms with Gasteiger partial charge in [-0.15, -0.1) is 0 Å². The summed E-state index contributed by atoms with van der Waals surface area (Å²) < 4.78 is 12.8. The van der Waals surface area contributed by atoms with E-state index in [0.29, 0.717) is 18.8 Å². The molecule has 1 aliphatic rings. The summed E-state index contributed by atoms with van der Waals surface area (Å²) in [7, 11) is 0. The fraction of sp³-hybridized carbons (Fsp3) is 0.333. The van der Waals surface area contributed by atoms with E-state index >= 15 is 0 Å². The fourth-order valence-corrected chi connectivity index (χ4v) is 2.65. The van der Waals surface area contributed by atoms with Gasteiger partial charge in [-0.1, -0.05) is 0 Å². The molecule has 0 radical (unpaired) electrons. The molecular formula is C15H17FN6O. The van der Waals surface area contributed by atoms with Gasteiger partial charge in [0.25, 0.3) is 0 Å². The Morgan fingerprint density at radius 2 is 2.04 bits per heavy atom. The number of nitrogen functional groups attached to an aromatic ring is 1. The number of likely N-dealkylation sites (tertiary alicyclic amines) is 1. The lowest BCUT2D eigenvalue weighted by molar-refractivity contribution is 0.194. The predicted molar refractivity (Wildman–Crippen MR) is 83.2 cm³/mol. The lowest BCUT2D eigenvalue weighted by Crippen LogP contribution is -2.40. The number of rotatable bonds is 2. The molecule has 7 nitrogen and oxygen atoms in total. The second-order valence-corrected chi connectivity index (χ2v) is 5.40. The van der Waals surface area contributed by atoms with Gasteiger partial charge in [-0.3, -0.25) is 0 Å². The average molecular weight is 316 g/mol. The number of aromatic nitrogens is 3. The zero-order valence-corrected chi connectivity index (χ0v) is 12.4. The Labute approximate surface area is 132 Å². The first kappa shape index (κ1) is 15.1. The molecule has 2 aromatic rings. The number of carbonyl (C=O) groups is 1. The normalized spacial score (nSPS) is 15.4. The van der Waals surface area contributed by atoms with E-state index in [1.165, 1.54) is 18.3 Å². The molecular weight excluding hydrogens is 299 g/mol. The molecule has 0 atom stereocenters. The number of nitrogens with two attached hydrogens (primary N) is 1. The number of carbonyl (C=O) groups excluding carboxylic acids is 1. The second-order valence-electron chi connectivity index (χ2n) is 5.40. The number of nitrogens with one attached hydrogen (secondary N) is 1. The molecule has 23 heavy (non-hydrogen) atoms. The maximum Gasteiger partial charge on any atom is 0.321 e. The number of hydrogen-bond donors (Lipinski definition) is 2. The van der Waals surface area contributed by atoms with Gasteiger partial charge in [0.15, 0.2) is 0 Å². The van der Waals surface area contributed by atoms with Crippen molar-refractivity contribution in [2.24, 2.45) is 0 Å². The molecule has 1 fully saturated rings. The number of anilines is 2. The molecule has 3 rings (SSSR count). The smallest absolute Gasteiger partial charge is 0.321 e. The quantitative estimate of drug-likeness (QED) is 0.826. The van der Waals surface area contributed by atoms with E-state index in [-0.39, 0.29) is 17.9 Å². The van der Waals surface area contributed by atoms with Crippen molar-refractivity contribution < 1.29 is 9.18 Å². The molecule has 2 amide bonds. The average Bonchev–Trinajstić information content (AvgIpc) is 2.57. The Kier molecular flexibility index (Phi) is 4.31. The molecule has 2 aromatic heterocycles. The van der Waals surface area contributed by atoms with Gasteiger partial charge in [0, 0.05) is 30.9 Å². The van der Waals surface area contributed by atoms with E-state index in [1.807, 2.05) is 6.07 Å². The largest absolute Gasteiger partial charge is 0.368 e. The van der Waals surface area contributed by atoms with Crippen molar-refractivity contribution in [2.45, 2.75) is 18.8 Å². The highest BCUT2D eigenvalue weighted by Gasteiger charge is 2.24. The third-order valence-electron chi connectivity index (χ3n) is 3.87. The summed E-state index contributed by atoms with van der Waals surface area (Å²) >= 11 is 0. The summed E-state index contributed by atoms with van der Waals surface area (Å²) in [5.74, 6) is -0.0312. The molecule has 0 saturated carbocycles. The molecule has 120 valence electrons. The third-order valence-corrected chi connectivity index (χ3v) is 3.87. The van der Waals surface area contributed by atoms with Crippen LogP contribution in [0.4, 0.5) is 20.8 Å². The molecule has 0 aliphatic carbocycles. The van der Waals surface area contributed by atoms with Crippen molar-refractivity contribution >= 4 is 17.7 Å². The van der Waals surface area contributed by atoms with Gasteiger partial charge in [0.05, 0.1) is 11.9 Å². The number of halogens is 1. The SMILES string of the molecule is Nc1nccc(C2CCN(C(=O)Nc3ccc(F)nc3)CC2)n1. The summed E-state index contributed by atoms with van der Waals surface area (Å²) in [5.41, 5.74) is 7.00. The van der Waals surface area contributed by atoms with Gasteiger partial charge in [-0.2, -0.15) is 4.39 Å². The van der Waals surface area contributed by atoms with Crippen LogP contribution in [0.5, 0.6) is 0 Å². The lowest BCUT2D eigenvalue weighted by Gasteiger charge is -2.31. The van der Waals surface area contributed by atoms with E-state index < -0.39 is 5.95 Å². The first-order valence-corrected chi connectivity index (χ1v) is 7.38. The molecule has 3 heterocycles. The number of pyridine rings is 1. The first-order valence-electron chi connectivity index (χ1n) is 7.38. The molecule has 0 spiro atoms. The van der Waals surface area contributed by atoms with Crippen molar-refractivity contribution in [3.8, 4) is 0 Å². The van der Waals surface area contributed by atoms with Crippen LogP contribution in [0.25, 0.3) is 0 Å². The van der Waals surface area contributed by atoms with E-state index in [2.05, 4.69) is 20.3 Å². The van der Waals surface area contributed by atoms with Crippen molar-refractivity contribution in [2.75, 3.05) is 24.1 Å².